The molecule has 0 saturated carbocycles. The van der Waals surface area contributed by atoms with Crippen molar-refractivity contribution in [3.63, 3.8) is 0 Å². The van der Waals surface area contributed by atoms with Crippen molar-refractivity contribution in [2.24, 2.45) is 0 Å². The molecule has 0 bridgehead atoms. The molecule has 2 N–H and O–H groups in total. The SMILES string of the molecule is Nc1ccccc1N(c1cccc(-c2c3ccccc3c(-c3ccc(-c4ccccc4)cc3)c3ccccc23)c1)c1ccccc1-c1ccccc1. The molecule has 246 valence electrons. The Morgan fingerprint density at radius 3 is 1.37 bits per heavy atom. The molecule has 2 heteroatoms. The Labute approximate surface area is 304 Å². The average molecular weight is 665 g/mol. The standard InChI is InChI=1S/C50H36N2/c51-46-27-12-14-29-48(46)52(47-28-13-11-22-41(47)37-18-5-2-6-19-37)40-21-15-20-39(34-40)50-44-25-9-7-23-42(44)49(43-24-8-10-26-45(43)50)38-32-30-36(31-33-38)35-16-3-1-4-17-35/h1-34H,51H2. The van der Waals surface area contributed by atoms with E-state index in [2.05, 4.69) is 199 Å². The van der Waals surface area contributed by atoms with Crippen LogP contribution in [0.2, 0.25) is 0 Å². The largest absolute Gasteiger partial charge is 0.397 e. The Balaban J connectivity index is 1.25. The summed E-state index contributed by atoms with van der Waals surface area (Å²) in [6.45, 7) is 0. The van der Waals surface area contributed by atoms with Gasteiger partial charge in [-0.05, 0) is 90.8 Å². The van der Waals surface area contributed by atoms with Gasteiger partial charge in [-0.25, -0.2) is 0 Å². The van der Waals surface area contributed by atoms with Gasteiger partial charge in [-0.3, -0.25) is 0 Å². The predicted molar refractivity (Wildman–Crippen MR) is 222 cm³/mol. The maximum atomic E-state index is 6.76. The lowest BCUT2D eigenvalue weighted by atomic mass is 9.85. The van der Waals surface area contributed by atoms with Crippen molar-refractivity contribution in [2.45, 2.75) is 0 Å². The van der Waals surface area contributed by atoms with E-state index in [1.807, 2.05) is 12.1 Å². The Morgan fingerprint density at radius 1 is 0.308 bits per heavy atom. The second-order valence-electron chi connectivity index (χ2n) is 13.1. The van der Waals surface area contributed by atoms with Crippen LogP contribution in [0, 0.1) is 0 Å². The van der Waals surface area contributed by atoms with Gasteiger partial charge in [0.25, 0.3) is 0 Å². The number of nitrogens with two attached hydrogens (primary N) is 1. The zero-order chi connectivity index (χ0) is 34.9. The van der Waals surface area contributed by atoms with Gasteiger partial charge in [-0.1, -0.05) is 176 Å². The Bertz CT molecular complexity index is 2620. The number of nitrogens with zero attached hydrogens (tertiary/aromatic N) is 1. The molecule has 0 unspecified atom stereocenters. The van der Waals surface area contributed by atoms with Crippen LogP contribution in [-0.2, 0) is 0 Å². The summed E-state index contributed by atoms with van der Waals surface area (Å²) < 4.78 is 0. The van der Waals surface area contributed by atoms with Gasteiger partial charge in [-0.15, -0.1) is 0 Å². The van der Waals surface area contributed by atoms with Crippen LogP contribution in [0.1, 0.15) is 0 Å². The molecular formula is C50H36N2. The van der Waals surface area contributed by atoms with Crippen LogP contribution >= 0.6 is 0 Å². The predicted octanol–water partition coefficient (Wildman–Crippen LogP) is 13.7. The molecule has 0 atom stereocenters. The van der Waals surface area contributed by atoms with Gasteiger partial charge in [0.15, 0.2) is 0 Å². The van der Waals surface area contributed by atoms with Gasteiger partial charge in [0.05, 0.1) is 17.1 Å². The van der Waals surface area contributed by atoms with Gasteiger partial charge in [-0.2, -0.15) is 0 Å². The van der Waals surface area contributed by atoms with E-state index < -0.39 is 0 Å². The van der Waals surface area contributed by atoms with Crippen molar-refractivity contribution in [3.8, 4) is 44.5 Å². The van der Waals surface area contributed by atoms with E-state index >= 15 is 0 Å². The quantitative estimate of drug-likeness (QED) is 0.136. The third-order valence-corrected chi connectivity index (χ3v) is 10.0. The summed E-state index contributed by atoms with van der Waals surface area (Å²) in [6, 6.07) is 73.4. The number of rotatable bonds is 7. The van der Waals surface area contributed by atoms with Crippen LogP contribution in [0.25, 0.3) is 66.1 Å². The molecule has 0 heterocycles. The minimum absolute atomic E-state index is 0.717. The normalized spacial score (nSPS) is 11.2. The number of nitrogen functional groups attached to an aromatic ring is 1. The fraction of sp³-hybridized carbons (Fsp3) is 0. The van der Waals surface area contributed by atoms with Gasteiger partial charge in [0.1, 0.15) is 0 Å². The van der Waals surface area contributed by atoms with E-state index in [-0.39, 0.29) is 0 Å². The molecule has 2 nitrogen and oxygen atoms in total. The van der Waals surface area contributed by atoms with E-state index in [4.69, 9.17) is 5.73 Å². The molecule has 9 rings (SSSR count). The first-order valence-electron chi connectivity index (χ1n) is 17.7. The molecule has 52 heavy (non-hydrogen) atoms. The van der Waals surface area contributed by atoms with Crippen LogP contribution < -0.4 is 10.6 Å². The smallest absolute Gasteiger partial charge is 0.0691 e. The van der Waals surface area contributed by atoms with Crippen molar-refractivity contribution < 1.29 is 0 Å². The molecule has 0 aliphatic rings. The highest BCUT2D eigenvalue weighted by Gasteiger charge is 2.21. The maximum Gasteiger partial charge on any atom is 0.0691 e. The molecular weight excluding hydrogens is 629 g/mol. The zero-order valence-electron chi connectivity index (χ0n) is 28.7. The monoisotopic (exact) mass is 664 g/mol. The molecule has 0 saturated heterocycles. The molecule has 0 amide bonds. The third kappa shape index (κ3) is 5.57. The average Bonchev–Trinajstić information content (AvgIpc) is 3.22. The fourth-order valence-electron chi connectivity index (χ4n) is 7.64. The van der Waals surface area contributed by atoms with Crippen LogP contribution in [0.4, 0.5) is 22.7 Å². The van der Waals surface area contributed by atoms with Crippen molar-refractivity contribution in [2.75, 3.05) is 10.6 Å². The van der Waals surface area contributed by atoms with Crippen molar-refractivity contribution >= 4 is 44.3 Å². The van der Waals surface area contributed by atoms with Crippen molar-refractivity contribution in [3.05, 3.63) is 206 Å². The second kappa shape index (κ2) is 13.4. The number of fused-ring (bicyclic) bond motifs is 2. The molecule has 0 aliphatic heterocycles. The Hall–Kier alpha value is -6.90. The van der Waals surface area contributed by atoms with Crippen LogP contribution in [0.15, 0.2) is 206 Å². The molecule has 9 aromatic carbocycles. The van der Waals surface area contributed by atoms with Crippen molar-refractivity contribution in [1.82, 2.24) is 0 Å². The van der Waals surface area contributed by atoms with E-state index in [0.29, 0.717) is 5.69 Å². The number of hydrogen-bond acceptors (Lipinski definition) is 2. The van der Waals surface area contributed by atoms with Crippen molar-refractivity contribution in [1.29, 1.82) is 0 Å². The lowest BCUT2D eigenvalue weighted by Gasteiger charge is -2.29. The van der Waals surface area contributed by atoms with Crippen LogP contribution in [-0.4, -0.2) is 0 Å². The highest BCUT2D eigenvalue weighted by molar-refractivity contribution is 6.21. The molecule has 0 aliphatic carbocycles. The van der Waals surface area contributed by atoms with Gasteiger partial charge >= 0.3 is 0 Å². The maximum absolute atomic E-state index is 6.76. The first-order chi connectivity index (χ1) is 25.7. The number of para-hydroxylation sites is 3. The summed E-state index contributed by atoms with van der Waals surface area (Å²) >= 11 is 0. The van der Waals surface area contributed by atoms with E-state index in [0.717, 1.165) is 33.8 Å². The van der Waals surface area contributed by atoms with E-state index in [1.54, 1.807) is 0 Å². The van der Waals surface area contributed by atoms with E-state index in [9.17, 15) is 0 Å². The van der Waals surface area contributed by atoms with Gasteiger partial charge < -0.3 is 10.6 Å². The Kier molecular flexibility index (Phi) is 8.03. The summed E-state index contributed by atoms with van der Waals surface area (Å²) in [7, 11) is 0. The van der Waals surface area contributed by atoms with Crippen LogP contribution in [0.5, 0.6) is 0 Å². The van der Waals surface area contributed by atoms with E-state index in [1.165, 1.54) is 49.4 Å². The first kappa shape index (κ1) is 31.1. The molecule has 0 radical (unpaired) electrons. The fourth-order valence-corrected chi connectivity index (χ4v) is 7.64. The molecule has 0 aromatic heterocycles. The zero-order valence-corrected chi connectivity index (χ0v) is 28.7. The molecule has 0 spiro atoms. The van der Waals surface area contributed by atoms with Gasteiger partial charge in [0.2, 0.25) is 0 Å². The molecule has 0 fully saturated rings. The van der Waals surface area contributed by atoms with Crippen LogP contribution in [0.3, 0.4) is 0 Å². The lowest BCUT2D eigenvalue weighted by molar-refractivity contribution is 1.29. The topological polar surface area (TPSA) is 29.3 Å². The summed E-state index contributed by atoms with van der Waals surface area (Å²) in [5.41, 5.74) is 20.0. The third-order valence-electron chi connectivity index (χ3n) is 10.0. The summed E-state index contributed by atoms with van der Waals surface area (Å²) in [6.07, 6.45) is 0. The lowest BCUT2D eigenvalue weighted by Crippen LogP contribution is -2.13. The molecule has 9 aromatic rings. The number of hydrogen-bond donors (Lipinski definition) is 1. The summed E-state index contributed by atoms with van der Waals surface area (Å²) in [4.78, 5) is 2.30. The second-order valence-corrected chi connectivity index (χ2v) is 13.1. The number of benzene rings is 9. The first-order valence-corrected chi connectivity index (χ1v) is 17.7. The summed E-state index contributed by atoms with van der Waals surface area (Å²) in [5, 5.41) is 4.90. The number of anilines is 4. The highest BCUT2D eigenvalue weighted by atomic mass is 15.2. The minimum Gasteiger partial charge on any atom is -0.397 e. The Morgan fingerprint density at radius 2 is 0.750 bits per heavy atom. The van der Waals surface area contributed by atoms with Gasteiger partial charge in [0, 0.05) is 11.3 Å². The summed E-state index contributed by atoms with van der Waals surface area (Å²) in [5.74, 6) is 0. The minimum atomic E-state index is 0.717. The highest BCUT2D eigenvalue weighted by Crippen LogP contribution is 2.47.